The van der Waals surface area contributed by atoms with E-state index in [1.165, 1.54) is 14.0 Å². The van der Waals surface area contributed by atoms with Crippen LogP contribution in [0.1, 0.15) is 31.1 Å². The summed E-state index contributed by atoms with van der Waals surface area (Å²) < 4.78 is 10.7. The lowest BCUT2D eigenvalue weighted by molar-refractivity contribution is 0.101. The van der Waals surface area contributed by atoms with Gasteiger partial charge in [-0.3, -0.25) is 4.79 Å². The summed E-state index contributed by atoms with van der Waals surface area (Å²) in [4.78, 5) is 11.5. The first-order valence-electron chi connectivity index (χ1n) is 5.00. The van der Waals surface area contributed by atoms with Gasteiger partial charge in [-0.25, -0.2) is 0 Å². The molecule has 0 radical (unpaired) electrons. The lowest BCUT2D eigenvalue weighted by atomic mass is 10.1. The summed E-state index contributed by atoms with van der Waals surface area (Å²) >= 11 is 5.89. The molecule has 1 aromatic carbocycles. The zero-order valence-corrected chi connectivity index (χ0v) is 10.6. The highest BCUT2D eigenvalue weighted by Gasteiger charge is 2.17. The lowest BCUT2D eigenvalue weighted by Gasteiger charge is -2.16. The fourth-order valence-corrected chi connectivity index (χ4v) is 1.55. The van der Waals surface area contributed by atoms with Gasteiger partial charge in [0, 0.05) is 11.1 Å². The van der Waals surface area contributed by atoms with Crippen LogP contribution in [0.15, 0.2) is 12.1 Å². The second-order valence-electron chi connectivity index (χ2n) is 3.71. The molecule has 0 fully saturated rings. The molecule has 0 aliphatic rings. The Morgan fingerprint density at radius 1 is 1.38 bits per heavy atom. The van der Waals surface area contributed by atoms with Crippen LogP contribution >= 0.6 is 11.6 Å². The van der Waals surface area contributed by atoms with E-state index in [2.05, 4.69) is 0 Å². The van der Waals surface area contributed by atoms with Gasteiger partial charge < -0.3 is 9.47 Å². The molecule has 0 heterocycles. The minimum atomic E-state index is -0.101. The first kappa shape index (κ1) is 12.8. The first-order chi connectivity index (χ1) is 7.45. The summed E-state index contributed by atoms with van der Waals surface area (Å²) in [7, 11) is 1.52. The van der Waals surface area contributed by atoms with Crippen molar-refractivity contribution in [2.24, 2.45) is 0 Å². The average molecular weight is 243 g/mol. The zero-order valence-electron chi connectivity index (χ0n) is 9.83. The summed E-state index contributed by atoms with van der Waals surface area (Å²) in [5, 5.41) is 0.457. The standard InChI is InChI=1S/C12H15ClO3/c1-7(2)16-12-10(8(3)14)5-9(13)6-11(12)15-4/h5-7H,1-4H3. The Bertz CT molecular complexity index is 399. The normalized spacial score (nSPS) is 10.4. The third-order valence-electron chi connectivity index (χ3n) is 1.97. The van der Waals surface area contributed by atoms with Crippen LogP contribution in [0.5, 0.6) is 11.5 Å². The van der Waals surface area contributed by atoms with Gasteiger partial charge in [0.05, 0.1) is 18.8 Å². The maximum absolute atomic E-state index is 11.5. The Kier molecular flexibility index (Phi) is 4.19. The number of benzene rings is 1. The van der Waals surface area contributed by atoms with Crippen molar-refractivity contribution in [2.75, 3.05) is 7.11 Å². The second kappa shape index (κ2) is 5.21. The van der Waals surface area contributed by atoms with Gasteiger partial charge in [0.1, 0.15) is 0 Å². The van der Waals surface area contributed by atoms with E-state index in [1.807, 2.05) is 13.8 Å². The molecule has 3 nitrogen and oxygen atoms in total. The van der Waals surface area contributed by atoms with E-state index >= 15 is 0 Å². The van der Waals surface area contributed by atoms with E-state index < -0.39 is 0 Å². The molecule has 16 heavy (non-hydrogen) atoms. The van der Waals surface area contributed by atoms with Crippen molar-refractivity contribution in [2.45, 2.75) is 26.9 Å². The molecule has 0 aromatic heterocycles. The van der Waals surface area contributed by atoms with Crippen molar-refractivity contribution in [3.05, 3.63) is 22.7 Å². The number of Topliss-reactive ketones (excluding diaryl/α,β-unsaturated/α-hetero) is 1. The maximum atomic E-state index is 11.5. The number of hydrogen-bond donors (Lipinski definition) is 0. The van der Waals surface area contributed by atoms with Crippen LogP contribution in [0.25, 0.3) is 0 Å². The van der Waals surface area contributed by atoms with Gasteiger partial charge >= 0.3 is 0 Å². The molecular formula is C12H15ClO3. The van der Waals surface area contributed by atoms with Crippen LogP contribution in [0.3, 0.4) is 0 Å². The highest BCUT2D eigenvalue weighted by atomic mass is 35.5. The molecule has 0 saturated carbocycles. The zero-order chi connectivity index (χ0) is 12.3. The molecular weight excluding hydrogens is 228 g/mol. The molecule has 1 rings (SSSR count). The second-order valence-corrected chi connectivity index (χ2v) is 4.14. The first-order valence-corrected chi connectivity index (χ1v) is 5.38. The van der Waals surface area contributed by atoms with E-state index in [0.717, 1.165) is 0 Å². The molecule has 4 heteroatoms. The van der Waals surface area contributed by atoms with Gasteiger partial charge in [-0.15, -0.1) is 0 Å². The fourth-order valence-electron chi connectivity index (χ4n) is 1.34. The summed E-state index contributed by atoms with van der Waals surface area (Å²) in [6, 6.07) is 3.22. The highest BCUT2D eigenvalue weighted by molar-refractivity contribution is 6.31. The van der Waals surface area contributed by atoms with Crippen LogP contribution < -0.4 is 9.47 Å². The Hall–Kier alpha value is -1.22. The van der Waals surface area contributed by atoms with Gasteiger partial charge in [-0.05, 0) is 26.8 Å². The predicted molar refractivity (Wildman–Crippen MR) is 63.8 cm³/mol. The fraction of sp³-hybridized carbons (Fsp3) is 0.417. The maximum Gasteiger partial charge on any atom is 0.172 e. The van der Waals surface area contributed by atoms with Crippen molar-refractivity contribution in [3.8, 4) is 11.5 Å². The third-order valence-corrected chi connectivity index (χ3v) is 2.19. The quantitative estimate of drug-likeness (QED) is 0.760. The van der Waals surface area contributed by atoms with Gasteiger partial charge in [-0.2, -0.15) is 0 Å². The van der Waals surface area contributed by atoms with Crippen molar-refractivity contribution < 1.29 is 14.3 Å². The van der Waals surface area contributed by atoms with Crippen LogP contribution in [0, 0.1) is 0 Å². The van der Waals surface area contributed by atoms with Gasteiger partial charge in [-0.1, -0.05) is 11.6 Å². The van der Waals surface area contributed by atoms with Crippen LogP contribution in [-0.2, 0) is 0 Å². The molecule has 0 aliphatic carbocycles. The Morgan fingerprint density at radius 3 is 2.44 bits per heavy atom. The number of ketones is 1. The number of methoxy groups -OCH3 is 1. The molecule has 0 bridgehead atoms. The third kappa shape index (κ3) is 2.89. The molecule has 0 N–H and O–H groups in total. The minimum Gasteiger partial charge on any atom is -0.493 e. The van der Waals surface area contributed by atoms with E-state index in [1.54, 1.807) is 12.1 Å². The Labute approximate surface area is 100 Å². The lowest BCUT2D eigenvalue weighted by Crippen LogP contribution is -2.10. The summed E-state index contributed by atoms with van der Waals surface area (Å²) in [6.45, 7) is 5.24. The van der Waals surface area contributed by atoms with E-state index in [-0.39, 0.29) is 11.9 Å². The Balaban J connectivity index is 3.33. The van der Waals surface area contributed by atoms with Gasteiger partial charge in [0.2, 0.25) is 0 Å². The monoisotopic (exact) mass is 242 g/mol. The molecule has 0 spiro atoms. The SMILES string of the molecule is COc1cc(Cl)cc(C(C)=O)c1OC(C)C. The predicted octanol–water partition coefficient (Wildman–Crippen LogP) is 3.34. The van der Waals surface area contributed by atoms with Crippen LogP contribution in [-0.4, -0.2) is 19.0 Å². The molecule has 0 aliphatic heterocycles. The summed E-state index contributed by atoms with van der Waals surface area (Å²) in [6.07, 6.45) is -0.0341. The smallest absolute Gasteiger partial charge is 0.172 e. The van der Waals surface area contributed by atoms with Crippen molar-refractivity contribution >= 4 is 17.4 Å². The number of rotatable bonds is 4. The largest absolute Gasteiger partial charge is 0.493 e. The van der Waals surface area contributed by atoms with Crippen LogP contribution in [0.4, 0.5) is 0 Å². The average Bonchev–Trinajstić information content (AvgIpc) is 2.19. The number of hydrogen-bond acceptors (Lipinski definition) is 3. The number of carbonyl (C=O) groups is 1. The van der Waals surface area contributed by atoms with Gasteiger partial charge in [0.15, 0.2) is 17.3 Å². The van der Waals surface area contributed by atoms with Crippen molar-refractivity contribution in [3.63, 3.8) is 0 Å². The Morgan fingerprint density at radius 2 is 2.00 bits per heavy atom. The number of carbonyl (C=O) groups excluding carboxylic acids is 1. The molecule has 0 atom stereocenters. The van der Waals surface area contributed by atoms with Crippen molar-refractivity contribution in [1.29, 1.82) is 0 Å². The van der Waals surface area contributed by atoms with Crippen LogP contribution in [0.2, 0.25) is 5.02 Å². The highest BCUT2D eigenvalue weighted by Crippen LogP contribution is 2.35. The van der Waals surface area contributed by atoms with E-state index in [4.69, 9.17) is 21.1 Å². The summed E-state index contributed by atoms with van der Waals surface area (Å²) in [5.41, 5.74) is 0.443. The van der Waals surface area contributed by atoms with E-state index in [9.17, 15) is 4.79 Å². The summed E-state index contributed by atoms with van der Waals surface area (Å²) in [5.74, 6) is 0.831. The molecule has 88 valence electrons. The van der Waals surface area contributed by atoms with Crippen molar-refractivity contribution in [1.82, 2.24) is 0 Å². The number of halogens is 1. The molecule has 0 unspecified atom stereocenters. The van der Waals surface area contributed by atoms with Gasteiger partial charge in [0.25, 0.3) is 0 Å². The topological polar surface area (TPSA) is 35.5 Å². The van der Waals surface area contributed by atoms with E-state index in [0.29, 0.717) is 22.1 Å². The molecule has 0 saturated heterocycles. The minimum absolute atomic E-state index is 0.0341. The molecule has 1 aromatic rings. The molecule has 0 amide bonds. The number of ether oxygens (including phenoxy) is 2.